The quantitative estimate of drug-likeness (QED) is 0.751. The third-order valence-corrected chi connectivity index (χ3v) is 4.84. The Labute approximate surface area is 144 Å². The van der Waals surface area contributed by atoms with Gasteiger partial charge in [-0.1, -0.05) is 0 Å². The fourth-order valence-electron chi connectivity index (χ4n) is 3.42. The zero-order valence-electron chi connectivity index (χ0n) is 14.9. The number of aliphatic hydroxyl groups excluding tert-OH is 1. The highest BCUT2D eigenvalue weighted by Gasteiger charge is 2.40. The Morgan fingerprint density at radius 1 is 1.38 bits per heavy atom. The number of β-amino-alcohol motifs (C(OH)–C–C–N with tert-alkyl or cyclic N) is 1. The number of nitrogens with zero attached hydrogens (tertiary/aromatic N) is 3. The Bertz CT molecular complexity index is 499. The minimum atomic E-state index is -0.293. The van der Waals surface area contributed by atoms with Gasteiger partial charge in [0.1, 0.15) is 0 Å². The Morgan fingerprint density at radius 3 is 2.71 bits per heavy atom. The molecule has 2 N–H and O–H groups in total. The largest absolute Gasteiger partial charge is 0.395 e. The van der Waals surface area contributed by atoms with E-state index in [2.05, 4.69) is 20.2 Å². The summed E-state index contributed by atoms with van der Waals surface area (Å²) >= 11 is 0. The maximum absolute atomic E-state index is 12.8. The average Bonchev–Trinajstić information content (AvgIpc) is 2.57. The summed E-state index contributed by atoms with van der Waals surface area (Å²) in [5.74, 6) is 0.181. The molecule has 0 spiro atoms. The molecule has 1 aromatic rings. The van der Waals surface area contributed by atoms with Crippen molar-refractivity contribution < 1.29 is 9.90 Å². The van der Waals surface area contributed by atoms with Crippen molar-refractivity contribution in [3.63, 3.8) is 0 Å². The van der Waals surface area contributed by atoms with Gasteiger partial charge in [-0.15, -0.1) is 0 Å². The first-order valence-electron chi connectivity index (χ1n) is 8.95. The van der Waals surface area contributed by atoms with E-state index in [1.54, 1.807) is 18.6 Å². The molecule has 1 amide bonds. The summed E-state index contributed by atoms with van der Waals surface area (Å²) in [4.78, 5) is 23.5. The van der Waals surface area contributed by atoms with Crippen LogP contribution in [0.15, 0.2) is 18.6 Å². The third kappa shape index (κ3) is 5.24. The average molecular weight is 334 g/mol. The van der Waals surface area contributed by atoms with E-state index in [4.69, 9.17) is 5.11 Å². The van der Waals surface area contributed by atoms with E-state index in [9.17, 15) is 4.79 Å². The zero-order valence-corrected chi connectivity index (χ0v) is 14.9. The number of aryl methyl sites for hydroxylation is 1. The smallest absolute Gasteiger partial charge is 0.226 e. The molecule has 24 heavy (non-hydrogen) atoms. The Kier molecular flexibility index (Phi) is 7.12. The van der Waals surface area contributed by atoms with Crippen LogP contribution in [-0.4, -0.2) is 58.2 Å². The zero-order chi connectivity index (χ0) is 17.4. The minimum Gasteiger partial charge on any atom is -0.395 e. The van der Waals surface area contributed by atoms with Crippen LogP contribution in [0.1, 0.15) is 45.2 Å². The lowest BCUT2D eigenvalue weighted by Crippen LogP contribution is -2.50. The molecule has 1 saturated heterocycles. The molecule has 1 aliphatic heterocycles. The van der Waals surface area contributed by atoms with E-state index < -0.39 is 0 Å². The maximum atomic E-state index is 12.8. The lowest BCUT2D eigenvalue weighted by atomic mass is 9.73. The van der Waals surface area contributed by atoms with Crippen molar-refractivity contribution in [1.29, 1.82) is 0 Å². The Hall–Kier alpha value is -1.53. The van der Waals surface area contributed by atoms with Gasteiger partial charge in [0, 0.05) is 31.2 Å². The van der Waals surface area contributed by atoms with Crippen LogP contribution >= 0.6 is 0 Å². The van der Waals surface area contributed by atoms with Crippen molar-refractivity contribution in [3.05, 3.63) is 24.3 Å². The topological polar surface area (TPSA) is 78.4 Å². The first kappa shape index (κ1) is 18.8. The standard InChI is InChI=1S/C18H30N4O2/c1-15(2)21-17(24)18(6-10-22(11-7-18)12-13-23)5-3-4-16-14-19-8-9-20-16/h8-9,14-15,23H,3-7,10-13H2,1-2H3,(H,21,24). The molecule has 0 aromatic carbocycles. The number of likely N-dealkylation sites (tertiary alicyclic amines) is 1. The van der Waals surface area contributed by atoms with E-state index in [1.807, 2.05) is 13.8 Å². The second-order valence-electron chi connectivity index (χ2n) is 7.02. The van der Waals surface area contributed by atoms with Crippen molar-refractivity contribution in [2.75, 3.05) is 26.2 Å². The molecule has 0 radical (unpaired) electrons. The lowest BCUT2D eigenvalue weighted by molar-refractivity contribution is -0.135. The van der Waals surface area contributed by atoms with E-state index in [0.29, 0.717) is 6.54 Å². The van der Waals surface area contributed by atoms with E-state index in [-0.39, 0.29) is 24.0 Å². The fraction of sp³-hybridized carbons (Fsp3) is 0.722. The first-order chi connectivity index (χ1) is 11.6. The van der Waals surface area contributed by atoms with Crippen LogP contribution in [0.3, 0.4) is 0 Å². The van der Waals surface area contributed by atoms with Crippen LogP contribution in [0.5, 0.6) is 0 Å². The van der Waals surface area contributed by atoms with Gasteiger partial charge in [-0.3, -0.25) is 14.8 Å². The molecule has 134 valence electrons. The summed E-state index contributed by atoms with van der Waals surface area (Å²) in [5, 5.41) is 12.2. The molecule has 1 fully saturated rings. The summed E-state index contributed by atoms with van der Waals surface area (Å²) < 4.78 is 0. The molecule has 6 nitrogen and oxygen atoms in total. The SMILES string of the molecule is CC(C)NC(=O)C1(CCCc2cnccn2)CCN(CCO)CC1. The molecule has 0 saturated carbocycles. The fourth-order valence-corrected chi connectivity index (χ4v) is 3.42. The Morgan fingerprint density at radius 2 is 2.12 bits per heavy atom. The van der Waals surface area contributed by atoms with Crippen LogP contribution in [0, 0.1) is 5.41 Å². The molecular weight excluding hydrogens is 304 g/mol. The predicted molar refractivity (Wildman–Crippen MR) is 93.4 cm³/mol. The molecule has 1 aliphatic rings. The normalized spacial score (nSPS) is 17.8. The number of hydrogen-bond donors (Lipinski definition) is 2. The third-order valence-electron chi connectivity index (χ3n) is 4.84. The van der Waals surface area contributed by atoms with Crippen LogP contribution in [0.2, 0.25) is 0 Å². The number of carbonyl (C=O) groups is 1. The first-order valence-corrected chi connectivity index (χ1v) is 8.95. The second kappa shape index (κ2) is 9.08. The number of carbonyl (C=O) groups excluding carboxylic acids is 1. The summed E-state index contributed by atoms with van der Waals surface area (Å²) in [6.07, 6.45) is 9.55. The van der Waals surface area contributed by atoms with Crippen LogP contribution in [-0.2, 0) is 11.2 Å². The number of rotatable bonds is 8. The van der Waals surface area contributed by atoms with Gasteiger partial charge in [0.15, 0.2) is 0 Å². The highest BCUT2D eigenvalue weighted by Crippen LogP contribution is 2.37. The molecule has 2 rings (SSSR count). The van der Waals surface area contributed by atoms with Crippen molar-refractivity contribution in [2.24, 2.45) is 5.41 Å². The van der Waals surface area contributed by atoms with Gasteiger partial charge >= 0.3 is 0 Å². The second-order valence-corrected chi connectivity index (χ2v) is 7.02. The molecular formula is C18H30N4O2. The summed E-state index contributed by atoms with van der Waals surface area (Å²) in [5.41, 5.74) is 0.688. The molecule has 0 atom stereocenters. The number of aromatic nitrogens is 2. The van der Waals surface area contributed by atoms with Gasteiger partial charge in [-0.25, -0.2) is 0 Å². The summed E-state index contributed by atoms with van der Waals surface area (Å²) in [6.45, 7) is 6.63. The van der Waals surface area contributed by atoms with E-state index >= 15 is 0 Å². The van der Waals surface area contributed by atoms with Crippen LogP contribution in [0.25, 0.3) is 0 Å². The molecule has 6 heteroatoms. The summed E-state index contributed by atoms with van der Waals surface area (Å²) in [6, 6.07) is 0.157. The summed E-state index contributed by atoms with van der Waals surface area (Å²) in [7, 11) is 0. The van der Waals surface area contributed by atoms with Crippen molar-refractivity contribution in [1.82, 2.24) is 20.2 Å². The van der Waals surface area contributed by atoms with Crippen molar-refractivity contribution in [3.8, 4) is 0 Å². The molecule has 0 aliphatic carbocycles. The molecule has 2 heterocycles. The minimum absolute atomic E-state index is 0.157. The maximum Gasteiger partial charge on any atom is 0.226 e. The molecule has 1 aromatic heterocycles. The van der Waals surface area contributed by atoms with Gasteiger partial charge in [0.05, 0.1) is 17.7 Å². The predicted octanol–water partition coefficient (Wildman–Crippen LogP) is 1.40. The van der Waals surface area contributed by atoms with Gasteiger partial charge in [0.25, 0.3) is 0 Å². The van der Waals surface area contributed by atoms with E-state index in [0.717, 1.165) is 50.9 Å². The number of nitrogens with one attached hydrogen (secondary N) is 1. The lowest BCUT2D eigenvalue weighted by Gasteiger charge is -2.41. The van der Waals surface area contributed by atoms with Crippen molar-refractivity contribution >= 4 is 5.91 Å². The molecule has 0 unspecified atom stereocenters. The Balaban J connectivity index is 1.96. The number of amides is 1. The molecule has 0 bridgehead atoms. The number of aliphatic hydroxyl groups is 1. The van der Waals surface area contributed by atoms with Gasteiger partial charge in [0.2, 0.25) is 5.91 Å². The number of piperidine rings is 1. The highest BCUT2D eigenvalue weighted by atomic mass is 16.3. The van der Waals surface area contributed by atoms with Gasteiger partial charge in [-0.05, 0) is 59.0 Å². The van der Waals surface area contributed by atoms with Crippen molar-refractivity contribution in [2.45, 2.75) is 52.0 Å². The van der Waals surface area contributed by atoms with E-state index in [1.165, 1.54) is 0 Å². The van der Waals surface area contributed by atoms with Crippen LogP contribution < -0.4 is 5.32 Å². The van der Waals surface area contributed by atoms with Crippen LogP contribution in [0.4, 0.5) is 0 Å². The number of hydrogen-bond acceptors (Lipinski definition) is 5. The highest BCUT2D eigenvalue weighted by molar-refractivity contribution is 5.83. The van der Waals surface area contributed by atoms with Gasteiger partial charge < -0.3 is 15.3 Å². The monoisotopic (exact) mass is 334 g/mol. The van der Waals surface area contributed by atoms with Gasteiger partial charge in [-0.2, -0.15) is 0 Å².